The molecule has 2 amide bonds. The van der Waals surface area contributed by atoms with Crippen molar-refractivity contribution in [1.82, 2.24) is 10.2 Å². The minimum Gasteiger partial charge on any atom is -0.508 e. The number of aromatic hydroxyl groups is 1. The maximum atomic E-state index is 13.6. The number of likely N-dealkylation sites (tertiary alicyclic amines) is 1. The molecule has 3 aromatic carbocycles. The van der Waals surface area contributed by atoms with Crippen LogP contribution < -0.4 is 19.5 Å². The molecule has 1 aliphatic heterocycles. The Kier molecular flexibility index (Phi) is 10.8. The molecular formula is C34H40N2O9. The van der Waals surface area contributed by atoms with Gasteiger partial charge in [-0.05, 0) is 75.6 Å². The molecule has 1 saturated heterocycles. The van der Waals surface area contributed by atoms with E-state index in [0.29, 0.717) is 30.7 Å². The van der Waals surface area contributed by atoms with Crippen molar-refractivity contribution in [3.63, 3.8) is 0 Å². The zero-order valence-electron chi connectivity index (χ0n) is 26.2. The quantitative estimate of drug-likeness (QED) is 0.304. The standard InChI is InChI=1S/C34H40N2O9/c1-34(2,3)45-33(40)36-17-9-12-27(26(20-36)35-31(38)23-13-15-25(37)16-14-23)44-32(39)24-18-28(41-4)30(29(19-24)42-5)43-21-22-10-7-6-8-11-22/h6-8,10-11,13-16,18-19,26-27,37H,9,12,17,20-21H2,1-5H3,(H,35,38)/t26-,27-/m1/s1. The van der Waals surface area contributed by atoms with Crippen LogP contribution in [0.5, 0.6) is 23.0 Å². The summed E-state index contributed by atoms with van der Waals surface area (Å²) in [6, 6.07) is 17.6. The van der Waals surface area contributed by atoms with Crippen LogP contribution >= 0.6 is 0 Å². The van der Waals surface area contributed by atoms with Gasteiger partial charge < -0.3 is 39.0 Å². The van der Waals surface area contributed by atoms with Crippen molar-refractivity contribution in [1.29, 1.82) is 0 Å². The van der Waals surface area contributed by atoms with Crippen LogP contribution in [0.25, 0.3) is 0 Å². The molecule has 0 aliphatic carbocycles. The highest BCUT2D eigenvalue weighted by Crippen LogP contribution is 2.39. The average Bonchev–Trinajstić information content (AvgIpc) is 3.21. The number of methoxy groups -OCH3 is 2. The molecule has 1 aliphatic rings. The van der Waals surface area contributed by atoms with E-state index in [9.17, 15) is 19.5 Å². The summed E-state index contributed by atoms with van der Waals surface area (Å²) in [4.78, 5) is 41.3. The molecule has 2 atom stereocenters. The van der Waals surface area contributed by atoms with Crippen molar-refractivity contribution in [2.24, 2.45) is 0 Å². The van der Waals surface area contributed by atoms with Crippen LogP contribution in [0.4, 0.5) is 4.79 Å². The highest BCUT2D eigenvalue weighted by atomic mass is 16.6. The smallest absolute Gasteiger partial charge is 0.410 e. The first-order valence-corrected chi connectivity index (χ1v) is 14.7. The Morgan fingerprint density at radius 1 is 0.933 bits per heavy atom. The van der Waals surface area contributed by atoms with Crippen LogP contribution in [-0.2, 0) is 16.1 Å². The zero-order valence-corrected chi connectivity index (χ0v) is 26.2. The maximum absolute atomic E-state index is 13.6. The molecule has 1 fully saturated rings. The lowest BCUT2D eigenvalue weighted by Crippen LogP contribution is -2.51. The molecular weight excluding hydrogens is 580 g/mol. The maximum Gasteiger partial charge on any atom is 0.410 e. The second-order valence-corrected chi connectivity index (χ2v) is 11.6. The predicted molar refractivity (Wildman–Crippen MR) is 166 cm³/mol. The van der Waals surface area contributed by atoms with E-state index in [2.05, 4.69) is 5.32 Å². The van der Waals surface area contributed by atoms with Gasteiger partial charge in [0.25, 0.3) is 5.91 Å². The van der Waals surface area contributed by atoms with E-state index in [1.807, 2.05) is 30.3 Å². The number of rotatable bonds is 9. The molecule has 2 N–H and O–H groups in total. The average molecular weight is 621 g/mol. The number of nitrogens with one attached hydrogen (secondary N) is 1. The summed E-state index contributed by atoms with van der Waals surface area (Å²) in [6.07, 6.45) is -0.435. The fraction of sp³-hybridized carbons (Fsp3) is 0.382. The van der Waals surface area contributed by atoms with Crippen LogP contribution in [0.1, 0.15) is 59.9 Å². The Bertz CT molecular complexity index is 1440. The summed E-state index contributed by atoms with van der Waals surface area (Å²) >= 11 is 0. The second-order valence-electron chi connectivity index (χ2n) is 11.6. The molecule has 11 heteroatoms. The van der Waals surface area contributed by atoms with E-state index in [-0.39, 0.29) is 36.0 Å². The molecule has 0 radical (unpaired) electrons. The Morgan fingerprint density at radius 2 is 1.58 bits per heavy atom. The first kappa shape index (κ1) is 33.0. The second kappa shape index (κ2) is 14.7. The van der Waals surface area contributed by atoms with Gasteiger partial charge in [0.1, 0.15) is 24.1 Å². The fourth-order valence-corrected chi connectivity index (χ4v) is 4.84. The molecule has 45 heavy (non-hydrogen) atoms. The molecule has 0 saturated carbocycles. The third-order valence-corrected chi connectivity index (χ3v) is 7.06. The zero-order chi connectivity index (χ0) is 32.6. The summed E-state index contributed by atoms with van der Waals surface area (Å²) in [5.41, 5.74) is 0.688. The minimum absolute atomic E-state index is 0.0197. The highest BCUT2D eigenvalue weighted by molar-refractivity contribution is 5.95. The SMILES string of the molecule is COc1cc(C(=O)O[C@@H]2CCCN(C(=O)OC(C)(C)C)C[C@H]2NC(=O)c2ccc(O)cc2)cc(OC)c1OCc1ccccc1. The van der Waals surface area contributed by atoms with Gasteiger partial charge in [-0.1, -0.05) is 30.3 Å². The number of esters is 1. The van der Waals surface area contributed by atoms with Crippen molar-refractivity contribution in [3.05, 3.63) is 83.4 Å². The van der Waals surface area contributed by atoms with Gasteiger partial charge in [-0.3, -0.25) is 4.79 Å². The number of phenolic OH excluding ortho intramolecular Hbond substituents is 1. The first-order chi connectivity index (χ1) is 21.5. The summed E-state index contributed by atoms with van der Waals surface area (Å²) < 4.78 is 28.7. The summed E-state index contributed by atoms with van der Waals surface area (Å²) in [5.74, 6) is -0.193. The number of ether oxygens (including phenoxy) is 5. The molecule has 0 bridgehead atoms. The lowest BCUT2D eigenvalue weighted by atomic mass is 10.1. The van der Waals surface area contributed by atoms with Gasteiger partial charge in [-0.2, -0.15) is 0 Å². The molecule has 0 unspecified atom stereocenters. The largest absolute Gasteiger partial charge is 0.508 e. The van der Waals surface area contributed by atoms with Crippen molar-refractivity contribution < 1.29 is 43.2 Å². The third kappa shape index (κ3) is 9.04. The molecule has 240 valence electrons. The first-order valence-electron chi connectivity index (χ1n) is 14.7. The van der Waals surface area contributed by atoms with Crippen molar-refractivity contribution in [3.8, 4) is 23.0 Å². The summed E-state index contributed by atoms with van der Waals surface area (Å²) in [7, 11) is 2.93. The monoisotopic (exact) mass is 620 g/mol. The number of benzene rings is 3. The van der Waals surface area contributed by atoms with Crippen molar-refractivity contribution in [2.75, 3.05) is 27.3 Å². The normalized spacial score (nSPS) is 16.6. The molecule has 11 nitrogen and oxygen atoms in total. The highest BCUT2D eigenvalue weighted by Gasteiger charge is 2.35. The molecule has 3 aromatic rings. The van der Waals surface area contributed by atoms with Gasteiger partial charge in [0.05, 0.1) is 25.8 Å². The van der Waals surface area contributed by atoms with E-state index in [0.717, 1.165) is 5.56 Å². The fourth-order valence-electron chi connectivity index (χ4n) is 4.84. The van der Waals surface area contributed by atoms with Gasteiger partial charge in [0, 0.05) is 18.7 Å². The third-order valence-electron chi connectivity index (χ3n) is 7.06. The molecule has 0 aromatic heterocycles. The van der Waals surface area contributed by atoms with Crippen LogP contribution in [0.2, 0.25) is 0 Å². The Hall–Kier alpha value is -4.93. The van der Waals surface area contributed by atoms with E-state index in [1.54, 1.807) is 20.8 Å². The Labute approximate surface area is 263 Å². The summed E-state index contributed by atoms with van der Waals surface area (Å²) in [5, 5.41) is 12.6. The number of hydrogen-bond donors (Lipinski definition) is 2. The lowest BCUT2D eigenvalue weighted by Gasteiger charge is -2.30. The Morgan fingerprint density at radius 3 is 2.18 bits per heavy atom. The van der Waals surface area contributed by atoms with Gasteiger partial charge in [0.2, 0.25) is 5.75 Å². The van der Waals surface area contributed by atoms with E-state index < -0.39 is 35.7 Å². The number of carbonyl (C=O) groups is 3. The van der Waals surface area contributed by atoms with Crippen molar-refractivity contribution >= 4 is 18.0 Å². The number of carbonyl (C=O) groups excluding carboxylic acids is 3. The van der Waals surface area contributed by atoms with Crippen LogP contribution in [0.15, 0.2) is 66.7 Å². The number of nitrogens with zero attached hydrogens (tertiary/aromatic N) is 1. The molecule has 4 rings (SSSR count). The summed E-state index contributed by atoms with van der Waals surface area (Å²) in [6.45, 7) is 5.99. The van der Waals surface area contributed by atoms with E-state index in [4.69, 9.17) is 23.7 Å². The van der Waals surface area contributed by atoms with Crippen LogP contribution in [-0.4, -0.2) is 73.0 Å². The minimum atomic E-state index is -0.781. The van der Waals surface area contributed by atoms with Gasteiger partial charge in [0.15, 0.2) is 11.5 Å². The Balaban J connectivity index is 1.56. The predicted octanol–water partition coefficient (Wildman–Crippen LogP) is 5.34. The lowest BCUT2D eigenvalue weighted by molar-refractivity contribution is 0.0127. The van der Waals surface area contributed by atoms with E-state index in [1.165, 1.54) is 55.5 Å². The van der Waals surface area contributed by atoms with Gasteiger partial charge in [-0.25, -0.2) is 9.59 Å². The number of hydrogen-bond acceptors (Lipinski definition) is 9. The number of phenols is 1. The molecule has 1 heterocycles. The van der Waals surface area contributed by atoms with Gasteiger partial charge >= 0.3 is 12.1 Å². The molecule has 0 spiro atoms. The number of amides is 2. The van der Waals surface area contributed by atoms with Crippen molar-refractivity contribution in [2.45, 2.75) is 58.0 Å². The van der Waals surface area contributed by atoms with Crippen LogP contribution in [0, 0.1) is 0 Å². The van der Waals surface area contributed by atoms with Crippen LogP contribution in [0.3, 0.4) is 0 Å². The van der Waals surface area contributed by atoms with Gasteiger partial charge in [-0.15, -0.1) is 0 Å². The van der Waals surface area contributed by atoms with E-state index >= 15 is 0 Å². The topological polar surface area (TPSA) is 133 Å².